The minimum absolute atomic E-state index is 0.0717. The Hall–Kier alpha value is -1.53. The Balaban J connectivity index is 1.81. The van der Waals surface area contributed by atoms with Crippen molar-refractivity contribution < 1.29 is 18.7 Å². The topological polar surface area (TPSA) is 43.8 Å². The number of carbonyl (C=O) groups is 1. The van der Waals surface area contributed by atoms with E-state index in [0.29, 0.717) is 19.5 Å². The largest absolute Gasteiger partial charge is 0.396 e. The summed E-state index contributed by atoms with van der Waals surface area (Å²) < 4.78 is 26.9. The second kappa shape index (κ2) is 6.17. The van der Waals surface area contributed by atoms with Crippen molar-refractivity contribution in [2.75, 3.05) is 33.3 Å². The van der Waals surface area contributed by atoms with Gasteiger partial charge in [-0.2, -0.15) is 0 Å². The van der Waals surface area contributed by atoms with Crippen molar-refractivity contribution in [2.45, 2.75) is 25.3 Å². The van der Waals surface area contributed by atoms with E-state index in [1.807, 2.05) is 7.05 Å². The summed E-state index contributed by atoms with van der Waals surface area (Å²) in [6.45, 7) is 1.99. The van der Waals surface area contributed by atoms with Gasteiger partial charge in [-0.05, 0) is 45.0 Å². The third-order valence-electron chi connectivity index (χ3n) is 5.46. The van der Waals surface area contributed by atoms with Gasteiger partial charge >= 0.3 is 0 Å². The van der Waals surface area contributed by atoms with Crippen LogP contribution in [0.1, 0.15) is 29.6 Å². The molecule has 1 N–H and O–H groups in total. The van der Waals surface area contributed by atoms with E-state index in [-0.39, 0.29) is 23.6 Å². The standard InChI is InChI=1S/C17H22F2N2O2/c1-20-7-2-5-17(11-22)6-8-21(10-15(17)20)16(23)13-4-3-12(18)9-14(13)19/h3-4,9,15,22H,2,5-8,10-11H2,1H3/t15-,17-/m1/s1. The first-order valence-corrected chi connectivity index (χ1v) is 8.02. The maximum absolute atomic E-state index is 13.9. The second-order valence-electron chi connectivity index (χ2n) is 6.75. The van der Waals surface area contributed by atoms with Crippen LogP contribution in [0.15, 0.2) is 18.2 Å². The smallest absolute Gasteiger partial charge is 0.256 e. The van der Waals surface area contributed by atoms with E-state index in [4.69, 9.17) is 0 Å². The number of amides is 1. The number of carbonyl (C=O) groups excluding carboxylic acids is 1. The summed E-state index contributed by atoms with van der Waals surface area (Å²) in [4.78, 5) is 16.4. The summed E-state index contributed by atoms with van der Waals surface area (Å²) in [5, 5.41) is 9.88. The Labute approximate surface area is 134 Å². The van der Waals surface area contributed by atoms with E-state index in [9.17, 15) is 18.7 Å². The van der Waals surface area contributed by atoms with E-state index < -0.39 is 17.5 Å². The van der Waals surface area contributed by atoms with Crippen molar-refractivity contribution in [3.63, 3.8) is 0 Å². The molecule has 0 bridgehead atoms. The number of aliphatic hydroxyl groups is 1. The second-order valence-corrected chi connectivity index (χ2v) is 6.75. The summed E-state index contributed by atoms with van der Waals surface area (Å²) in [6, 6.07) is 3.11. The third-order valence-corrected chi connectivity index (χ3v) is 5.46. The Morgan fingerprint density at radius 1 is 1.35 bits per heavy atom. The van der Waals surface area contributed by atoms with Crippen LogP contribution < -0.4 is 0 Å². The lowest BCUT2D eigenvalue weighted by molar-refractivity contribution is -0.0601. The van der Waals surface area contributed by atoms with Gasteiger partial charge in [0, 0.05) is 30.6 Å². The predicted octanol–water partition coefficient (Wildman–Crippen LogP) is 1.88. The molecule has 2 aliphatic heterocycles. The first-order valence-electron chi connectivity index (χ1n) is 8.02. The lowest BCUT2D eigenvalue weighted by Crippen LogP contribution is -2.62. The molecule has 1 aromatic rings. The maximum atomic E-state index is 13.9. The first kappa shape index (κ1) is 16.3. The molecule has 0 unspecified atom stereocenters. The molecule has 0 saturated carbocycles. The van der Waals surface area contributed by atoms with Crippen LogP contribution in [0.4, 0.5) is 8.78 Å². The Kier molecular flexibility index (Phi) is 4.38. The molecule has 6 heteroatoms. The predicted molar refractivity (Wildman–Crippen MR) is 82.0 cm³/mol. The number of piperidine rings is 2. The number of halogens is 2. The zero-order valence-corrected chi connectivity index (χ0v) is 13.3. The average Bonchev–Trinajstić information content (AvgIpc) is 2.54. The number of hydrogen-bond acceptors (Lipinski definition) is 3. The van der Waals surface area contributed by atoms with E-state index in [2.05, 4.69) is 4.90 Å². The number of hydrogen-bond donors (Lipinski definition) is 1. The number of aliphatic hydroxyl groups excluding tert-OH is 1. The van der Waals surface area contributed by atoms with Crippen LogP contribution in [0, 0.1) is 17.0 Å². The van der Waals surface area contributed by atoms with Crippen LogP contribution in [0.5, 0.6) is 0 Å². The van der Waals surface area contributed by atoms with Gasteiger partial charge in [0.25, 0.3) is 5.91 Å². The fraction of sp³-hybridized carbons (Fsp3) is 0.588. The quantitative estimate of drug-likeness (QED) is 0.903. The van der Waals surface area contributed by atoms with E-state index in [0.717, 1.165) is 31.5 Å². The van der Waals surface area contributed by atoms with E-state index in [1.54, 1.807) is 4.90 Å². The molecule has 2 atom stereocenters. The van der Waals surface area contributed by atoms with Crippen LogP contribution in [0.25, 0.3) is 0 Å². The molecule has 2 heterocycles. The Morgan fingerprint density at radius 2 is 2.13 bits per heavy atom. The highest BCUT2D eigenvalue weighted by atomic mass is 19.1. The van der Waals surface area contributed by atoms with Gasteiger partial charge in [-0.15, -0.1) is 0 Å². The Bertz CT molecular complexity index is 610. The van der Waals surface area contributed by atoms with Crippen molar-refractivity contribution in [2.24, 2.45) is 5.41 Å². The molecule has 0 aromatic heterocycles. The van der Waals surface area contributed by atoms with Crippen LogP contribution in [-0.4, -0.2) is 60.1 Å². The van der Waals surface area contributed by atoms with Gasteiger partial charge in [-0.25, -0.2) is 8.78 Å². The number of rotatable bonds is 2. The highest BCUT2D eigenvalue weighted by Gasteiger charge is 2.47. The van der Waals surface area contributed by atoms with Gasteiger partial charge in [-0.1, -0.05) is 0 Å². The van der Waals surface area contributed by atoms with Crippen LogP contribution in [-0.2, 0) is 0 Å². The molecule has 2 aliphatic rings. The van der Waals surface area contributed by atoms with Crippen molar-refractivity contribution in [3.05, 3.63) is 35.4 Å². The number of benzene rings is 1. The molecular weight excluding hydrogens is 302 g/mol. The molecule has 0 spiro atoms. The molecule has 0 radical (unpaired) electrons. The minimum atomic E-state index is -0.828. The lowest BCUT2D eigenvalue weighted by atomic mass is 9.69. The van der Waals surface area contributed by atoms with Gasteiger partial charge < -0.3 is 14.9 Å². The Morgan fingerprint density at radius 3 is 2.83 bits per heavy atom. The van der Waals surface area contributed by atoms with Crippen molar-refractivity contribution >= 4 is 5.91 Å². The van der Waals surface area contributed by atoms with Crippen molar-refractivity contribution in [3.8, 4) is 0 Å². The van der Waals surface area contributed by atoms with Crippen LogP contribution in [0.2, 0.25) is 0 Å². The molecule has 3 rings (SSSR count). The van der Waals surface area contributed by atoms with Gasteiger partial charge in [-0.3, -0.25) is 4.79 Å². The summed E-state index contributed by atoms with van der Waals surface area (Å²) >= 11 is 0. The highest BCUT2D eigenvalue weighted by molar-refractivity contribution is 5.94. The summed E-state index contributed by atoms with van der Waals surface area (Å²) in [5.74, 6) is -1.93. The summed E-state index contributed by atoms with van der Waals surface area (Å²) in [7, 11) is 2.00. The number of fused-ring (bicyclic) bond motifs is 1. The van der Waals surface area contributed by atoms with Crippen molar-refractivity contribution in [1.82, 2.24) is 9.80 Å². The zero-order valence-electron chi connectivity index (χ0n) is 13.3. The third kappa shape index (κ3) is 2.85. The lowest BCUT2D eigenvalue weighted by Gasteiger charge is -2.53. The molecular formula is C17H22F2N2O2. The number of likely N-dealkylation sites (tertiary alicyclic amines) is 2. The van der Waals surface area contributed by atoms with Gasteiger partial charge in [0.15, 0.2) is 0 Å². The number of nitrogens with zero attached hydrogens (tertiary/aromatic N) is 2. The minimum Gasteiger partial charge on any atom is -0.396 e. The average molecular weight is 324 g/mol. The molecule has 4 nitrogen and oxygen atoms in total. The summed E-state index contributed by atoms with van der Waals surface area (Å²) in [6.07, 6.45) is 2.69. The normalized spacial score (nSPS) is 28.5. The van der Waals surface area contributed by atoms with E-state index in [1.165, 1.54) is 6.07 Å². The fourth-order valence-electron chi connectivity index (χ4n) is 4.03. The van der Waals surface area contributed by atoms with Gasteiger partial charge in [0.1, 0.15) is 11.6 Å². The van der Waals surface area contributed by atoms with Crippen molar-refractivity contribution in [1.29, 1.82) is 0 Å². The first-order chi connectivity index (χ1) is 11.0. The molecule has 126 valence electrons. The molecule has 0 aliphatic carbocycles. The fourth-order valence-corrected chi connectivity index (χ4v) is 4.03. The maximum Gasteiger partial charge on any atom is 0.256 e. The number of likely N-dealkylation sites (N-methyl/N-ethyl adjacent to an activating group) is 1. The molecule has 2 saturated heterocycles. The molecule has 2 fully saturated rings. The van der Waals surface area contributed by atoms with Gasteiger partial charge in [0.05, 0.1) is 12.2 Å². The SMILES string of the molecule is CN1CCC[C@]2(CO)CCN(C(=O)c3ccc(F)cc3F)C[C@@H]12. The molecule has 1 amide bonds. The molecule has 23 heavy (non-hydrogen) atoms. The van der Waals surface area contributed by atoms with Gasteiger partial charge in [0.2, 0.25) is 0 Å². The monoisotopic (exact) mass is 324 g/mol. The van der Waals surface area contributed by atoms with Crippen LogP contribution >= 0.6 is 0 Å². The molecule has 1 aromatic carbocycles. The zero-order chi connectivity index (χ0) is 16.6. The van der Waals surface area contributed by atoms with Crippen LogP contribution in [0.3, 0.4) is 0 Å². The van der Waals surface area contributed by atoms with E-state index >= 15 is 0 Å². The summed E-state index contributed by atoms with van der Waals surface area (Å²) in [5.41, 5.74) is -0.271. The highest BCUT2D eigenvalue weighted by Crippen LogP contribution is 2.41.